The molecule has 1 rings (SSSR count). The molecule has 0 aliphatic rings. The molecule has 17 heavy (non-hydrogen) atoms. The molecule has 2 N–H and O–H groups in total. The number of halogens is 3. The Bertz CT molecular complexity index is 413. The summed E-state index contributed by atoms with van der Waals surface area (Å²) < 4.78 is 36.6. The summed E-state index contributed by atoms with van der Waals surface area (Å²) in [5.41, 5.74) is 1.64. The van der Waals surface area contributed by atoms with E-state index in [1.54, 1.807) is 5.43 Å². The first-order valence-corrected chi connectivity index (χ1v) is 4.56. The molecule has 0 unspecified atom stereocenters. The summed E-state index contributed by atoms with van der Waals surface area (Å²) in [5.74, 6) is 0. The standard InChI is InChI=1S/C10H9F3N2O2/c11-10(12,13)8-3-1-7(2-4-8)5-6-14-15-9(16)17/h1-4,6,15H,5H2,(H,16,17)/b14-6+. The van der Waals surface area contributed by atoms with E-state index >= 15 is 0 Å². The van der Waals surface area contributed by atoms with Crippen LogP contribution < -0.4 is 5.43 Å². The van der Waals surface area contributed by atoms with Crippen molar-refractivity contribution in [3.63, 3.8) is 0 Å². The number of nitrogens with zero attached hydrogens (tertiary/aromatic N) is 1. The van der Waals surface area contributed by atoms with Gasteiger partial charge in [-0.05, 0) is 17.7 Å². The Morgan fingerprint density at radius 1 is 1.35 bits per heavy atom. The van der Waals surface area contributed by atoms with Crippen LogP contribution in [0.4, 0.5) is 18.0 Å². The Balaban J connectivity index is 2.57. The molecule has 0 aliphatic carbocycles. The van der Waals surface area contributed by atoms with Crippen molar-refractivity contribution in [1.29, 1.82) is 0 Å². The number of amides is 1. The molecule has 1 aromatic rings. The predicted molar refractivity (Wildman–Crippen MR) is 54.8 cm³/mol. The molecule has 0 aromatic heterocycles. The number of nitrogens with one attached hydrogen (secondary N) is 1. The van der Waals surface area contributed by atoms with Crippen LogP contribution in [0.1, 0.15) is 11.1 Å². The van der Waals surface area contributed by atoms with E-state index in [1.807, 2.05) is 0 Å². The van der Waals surface area contributed by atoms with Crippen LogP contribution in [0.25, 0.3) is 0 Å². The highest BCUT2D eigenvalue weighted by atomic mass is 19.4. The van der Waals surface area contributed by atoms with Crippen LogP contribution in [0.3, 0.4) is 0 Å². The van der Waals surface area contributed by atoms with Crippen LogP contribution in [0.15, 0.2) is 29.4 Å². The van der Waals surface area contributed by atoms with Gasteiger partial charge in [-0.1, -0.05) is 12.1 Å². The maximum atomic E-state index is 12.2. The second-order valence-electron chi connectivity index (χ2n) is 3.13. The molecule has 4 nitrogen and oxygen atoms in total. The number of rotatable bonds is 3. The average molecular weight is 246 g/mol. The Kier molecular flexibility index (Phi) is 4.08. The van der Waals surface area contributed by atoms with Crippen LogP contribution >= 0.6 is 0 Å². The number of alkyl halides is 3. The van der Waals surface area contributed by atoms with Gasteiger partial charge < -0.3 is 5.11 Å². The van der Waals surface area contributed by atoms with Crippen molar-refractivity contribution in [2.24, 2.45) is 5.10 Å². The van der Waals surface area contributed by atoms with Gasteiger partial charge >= 0.3 is 12.3 Å². The van der Waals surface area contributed by atoms with E-state index in [-0.39, 0.29) is 6.42 Å². The molecular formula is C10H9F3N2O2. The van der Waals surface area contributed by atoms with E-state index in [0.29, 0.717) is 5.56 Å². The van der Waals surface area contributed by atoms with E-state index in [9.17, 15) is 18.0 Å². The van der Waals surface area contributed by atoms with Crippen molar-refractivity contribution in [2.75, 3.05) is 0 Å². The average Bonchev–Trinajstić information content (AvgIpc) is 2.23. The van der Waals surface area contributed by atoms with Crippen LogP contribution in [0.5, 0.6) is 0 Å². The minimum Gasteiger partial charge on any atom is -0.464 e. The Hall–Kier alpha value is -2.05. The lowest BCUT2D eigenvalue weighted by Gasteiger charge is -2.06. The smallest absolute Gasteiger partial charge is 0.425 e. The summed E-state index contributed by atoms with van der Waals surface area (Å²) in [5, 5.41) is 11.5. The van der Waals surface area contributed by atoms with Crippen molar-refractivity contribution in [2.45, 2.75) is 12.6 Å². The van der Waals surface area contributed by atoms with Gasteiger partial charge in [-0.15, -0.1) is 0 Å². The number of benzene rings is 1. The molecule has 0 aliphatic heterocycles. The number of carbonyl (C=O) groups is 1. The molecule has 0 fully saturated rings. The zero-order chi connectivity index (χ0) is 12.9. The van der Waals surface area contributed by atoms with Gasteiger partial charge in [0.2, 0.25) is 0 Å². The fraction of sp³-hybridized carbons (Fsp3) is 0.200. The first kappa shape index (κ1) is 13.0. The summed E-state index contributed by atoms with van der Waals surface area (Å²) in [6, 6.07) is 4.56. The summed E-state index contributed by atoms with van der Waals surface area (Å²) in [7, 11) is 0. The molecule has 0 bridgehead atoms. The molecular weight excluding hydrogens is 237 g/mol. The van der Waals surface area contributed by atoms with Gasteiger partial charge in [-0.25, -0.2) is 10.2 Å². The van der Waals surface area contributed by atoms with E-state index in [0.717, 1.165) is 12.1 Å². The topological polar surface area (TPSA) is 61.7 Å². The third-order valence-electron chi connectivity index (χ3n) is 1.86. The lowest BCUT2D eigenvalue weighted by atomic mass is 10.1. The molecule has 0 radical (unpaired) electrons. The van der Waals surface area contributed by atoms with Crippen molar-refractivity contribution in [3.8, 4) is 0 Å². The molecule has 0 heterocycles. The third kappa shape index (κ3) is 4.54. The van der Waals surface area contributed by atoms with Gasteiger partial charge in [0.05, 0.1) is 5.56 Å². The Labute approximate surface area is 94.8 Å². The SMILES string of the molecule is O=C(O)N/N=C/Cc1ccc(C(F)(F)F)cc1. The molecule has 92 valence electrons. The van der Waals surface area contributed by atoms with Crippen LogP contribution in [-0.4, -0.2) is 17.4 Å². The molecule has 7 heteroatoms. The monoisotopic (exact) mass is 246 g/mol. The zero-order valence-electron chi connectivity index (χ0n) is 8.53. The van der Waals surface area contributed by atoms with Crippen LogP contribution in [0.2, 0.25) is 0 Å². The van der Waals surface area contributed by atoms with E-state index in [1.165, 1.54) is 18.3 Å². The highest BCUT2D eigenvalue weighted by molar-refractivity contribution is 5.68. The summed E-state index contributed by atoms with van der Waals surface area (Å²) >= 11 is 0. The minimum atomic E-state index is -4.35. The van der Waals surface area contributed by atoms with Crippen molar-refractivity contribution in [3.05, 3.63) is 35.4 Å². The van der Waals surface area contributed by atoms with E-state index in [4.69, 9.17) is 5.11 Å². The van der Waals surface area contributed by atoms with Gasteiger partial charge in [-0.3, -0.25) is 0 Å². The highest BCUT2D eigenvalue weighted by Gasteiger charge is 2.29. The number of hydrogen-bond acceptors (Lipinski definition) is 2. The zero-order valence-corrected chi connectivity index (χ0v) is 8.53. The molecule has 0 spiro atoms. The molecule has 1 aromatic carbocycles. The van der Waals surface area contributed by atoms with Gasteiger partial charge in [0.1, 0.15) is 0 Å². The molecule has 0 saturated carbocycles. The predicted octanol–water partition coefficient (Wildman–Crippen LogP) is 2.50. The molecule has 1 amide bonds. The Morgan fingerprint density at radius 3 is 2.41 bits per heavy atom. The first-order chi connectivity index (χ1) is 7.89. The van der Waals surface area contributed by atoms with Gasteiger partial charge in [-0.2, -0.15) is 18.3 Å². The van der Waals surface area contributed by atoms with Crippen molar-refractivity contribution >= 4 is 12.3 Å². The number of hydrazone groups is 1. The normalized spacial score (nSPS) is 11.7. The molecule has 0 saturated heterocycles. The highest BCUT2D eigenvalue weighted by Crippen LogP contribution is 2.28. The quantitative estimate of drug-likeness (QED) is 0.635. The van der Waals surface area contributed by atoms with Crippen molar-refractivity contribution in [1.82, 2.24) is 5.43 Å². The fourth-order valence-electron chi connectivity index (χ4n) is 1.08. The first-order valence-electron chi connectivity index (χ1n) is 4.56. The van der Waals surface area contributed by atoms with Gasteiger partial charge in [0.25, 0.3) is 0 Å². The third-order valence-corrected chi connectivity index (χ3v) is 1.86. The lowest BCUT2D eigenvalue weighted by Crippen LogP contribution is -2.13. The van der Waals surface area contributed by atoms with Crippen LogP contribution in [0, 0.1) is 0 Å². The largest absolute Gasteiger partial charge is 0.464 e. The lowest BCUT2D eigenvalue weighted by molar-refractivity contribution is -0.137. The Morgan fingerprint density at radius 2 is 1.94 bits per heavy atom. The summed E-state index contributed by atoms with van der Waals surface area (Å²) in [6.45, 7) is 0. The summed E-state index contributed by atoms with van der Waals surface area (Å²) in [6.07, 6.45) is -4.14. The van der Waals surface area contributed by atoms with Crippen LogP contribution in [-0.2, 0) is 12.6 Å². The van der Waals surface area contributed by atoms with Gasteiger partial charge in [0.15, 0.2) is 0 Å². The minimum absolute atomic E-state index is 0.248. The fourth-order valence-corrected chi connectivity index (χ4v) is 1.08. The van der Waals surface area contributed by atoms with E-state index < -0.39 is 17.8 Å². The van der Waals surface area contributed by atoms with E-state index in [2.05, 4.69) is 5.10 Å². The maximum absolute atomic E-state index is 12.2. The molecule has 0 atom stereocenters. The second-order valence-corrected chi connectivity index (χ2v) is 3.13. The second kappa shape index (κ2) is 5.33. The number of carboxylic acid groups (broad SMARTS) is 1. The number of hydrogen-bond donors (Lipinski definition) is 2. The van der Waals surface area contributed by atoms with Crippen molar-refractivity contribution < 1.29 is 23.1 Å². The summed E-state index contributed by atoms with van der Waals surface area (Å²) in [4.78, 5) is 10.0. The maximum Gasteiger partial charge on any atom is 0.425 e. The van der Waals surface area contributed by atoms with Gasteiger partial charge in [0, 0.05) is 12.6 Å².